The molecule has 10 aromatic rings. The molecule has 62 heavy (non-hydrogen) atoms. The average Bonchev–Trinajstić information content (AvgIpc) is 3.66. The van der Waals surface area contributed by atoms with Crippen molar-refractivity contribution in [2.45, 2.75) is 64.7 Å². The normalized spacial score (nSPS) is 14.6. The number of hydrogen-bond acceptors (Lipinski definition) is 0. The van der Waals surface area contributed by atoms with E-state index in [4.69, 9.17) is 0 Å². The minimum Gasteiger partial charge on any atom is -0.0619 e. The zero-order chi connectivity index (χ0) is 42.3. The number of rotatable bonds is 4. The highest BCUT2D eigenvalue weighted by atomic mass is 14.4. The van der Waals surface area contributed by atoms with Gasteiger partial charge >= 0.3 is 0 Å². The van der Waals surface area contributed by atoms with Gasteiger partial charge in [0.2, 0.25) is 0 Å². The highest BCUT2D eigenvalue weighted by Crippen LogP contribution is 2.53. The fourth-order valence-corrected chi connectivity index (χ4v) is 11.2. The van der Waals surface area contributed by atoms with Crippen LogP contribution in [0.2, 0.25) is 0 Å². The van der Waals surface area contributed by atoms with Gasteiger partial charge in [-0.2, -0.15) is 0 Å². The van der Waals surface area contributed by atoms with E-state index in [9.17, 15) is 0 Å². The molecule has 298 valence electrons. The molecule has 0 aromatic heterocycles. The Labute approximate surface area is 365 Å². The molecule has 0 saturated carbocycles. The first-order valence-corrected chi connectivity index (χ1v) is 22.3. The van der Waals surface area contributed by atoms with Gasteiger partial charge in [0, 0.05) is 10.8 Å². The third-order valence-corrected chi connectivity index (χ3v) is 14.8. The zero-order valence-corrected chi connectivity index (χ0v) is 36.7. The second kappa shape index (κ2) is 12.9. The van der Waals surface area contributed by atoms with Crippen molar-refractivity contribution in [1.29, 1.82) is 0 Å². The Morgan fingerprint density at radius 2 is 0.726 bits per heavy atom. The molecule has 0 radical (unpaired) electrons. The van der Waals surface area contributed by atoms with Gasteiger partial charge in [-0.05, 0) is 163 Å². The maximum atomic E-state index is 2.46. The van der Waals surface area contributed by atoms with E-state index in [1.807, 2.05) is 0 Å². The summed E-state index contributed by atoms with van der Waals surface area (Å²) in [5, 5.41) is 7.98. The minimum absolute atomic E-state index is 0.0210. The van der Waals surface area contributed by atoms with Crippen LogP contribution in [0.1, 0.15) is 76.3 Å². The summed E-state index contributed by atoms with van der Waals surface area (Å²) in [4.78, 5) is 0. The summed E-state index contributed by atoms with van der Waals surface area (Å²) in [6, 6.07) is 67.2. The standard InChI is InChI=1S/C62H50/c1-60(2,3)47-32-45-19-18-37-20-25-48(53-29-24-46(33-47)58(45)59(37)53)44-15-11-14-40(31-44)38-12-10-13-39(30-38)41-21-27-51-52-28-23-43(36-57(52)62(6,7)56(51)34-41)42-22-26-50-49-16-8-9-17-54(49)61(4,5)55(50)35-42/h8-36H,1-7H3. The van der Waals surface area contributed by atoms with Gasteiger partial charge < -0.3 is 0 Å². The second-order valence-corrected chi connectivity index (χ2v) is 20.2. The monoisotopic (exact) mass is 794 g/mol. The van der Waals surface area contributed by atoms with E-state index in [2.05, 4.69) is 224 Å². The third kappa shape index (κ3) is 5.39. The van der Waals surface area contributed by atoms with Crippen molar-refractivity contribution in [2.24, 2.45) is 0 Å². The minimum atomic E-state index is -0.135. The lowest BCUT2D eigenvalue weighted by Crippen LogP contribution is -2.15. The van der Waals surface area contributed by atoms with Crippen molar-refractivity contribution in [2.75, 3.05) is 0 Å². The quantitative estimate of drug-likeness (QED) is 0.156. The van der Waals surface area contributed by atoms with E-state index in [0.29, 0.717) is 0 Å². The lowest BCUT2D eigenvalue weighted by Gasteiger charge is -2.23. The van der Waals surface area contributed by atoms with Gasteiger partial charge in [0.1, 0.15) is 0 Å². The van der Waals surface area contributed by atoms with Crippen LogP contribution >= 0.6 is 0 Å². The van der Waals surface area contributed by atoms with Gasteiger partial charge in [0.15, 0.2) is 0 Å². The maximum Gasteiger partial charge on any atom is 0.0159 e. The average molecular weight is 795 g/mol. The lowest BCUT2D eigenvalue weighted by molar-refractivity contribution is 0.591. The van der Waals surface area contributed by atoms with Crippen LogP contribution in [0, 0.1) is 0 Å². The van der Waals surface area contributed by atoms with Gasteiger partial charge in [-0.1, -0.05) is 194 Å². The van der Waals surface area contributed by atoms with Crippen LogP contribution in [0.3, 0.4) is 0 Å². The summed E-state index contributed by atoms with van der Waals surface area (Å²) in [5.74, 6) is 0. The molecule has 0 spiro atoms. The van der Waals surface area contributed by atoms with Crippen molar-refractivity contribution in [3.8, 4) is 66.8 Å². The van der Waals surface area contributed by atoms with Crippen LogP contribution in [-0.4, -0.2) is 0 Å². The molecule has 0 N–H and O–H groups in total. The van der Waals surface area contributed by atoms with E-state index in [-0.39, 0.29) is 16.2 Å². The Morgan fingerprint density at radius 3 is 1.29 bits per heavy atom. The molecular formula is C62H50. The highest BCUT2D eigenvalue weighted by molar-refractivity contribution is 6.25. The Bertz CT molecular complexity index is 3470. The zero-order valence-electron chi connectivity index (χ0n) is 36.7. The summed E-state index contributed by atoms with van der Waals surface area (Å²) >= 11 is 0. The van der Waals surface area contributed by atoms with Crippen LogP contribution < -0.4 is 0 Å². The molecule has 0 heterocycles. The first-order chi connectivity index (χ1) is 29.8. The molecule has 0 nitrogen and oxygen atoms in total. The van der Waals surface area contributed by atoms with Gasteiger partial charge in [-0.15, -0.1) is 0 Å². The second-order valence-electron chi connectivity index (χ2n) is 20.2. The third-order valence-electron chi connectivity index (χ3n) is 14.8. The van der Waals surface area contributed by atoms with Crippen LogP contribution in [0.4, 0.5) is 0 Å². The summed E-state index contributed by atoms with van der Waals surface area (Å²) < 4.78 is 0. The van der Waals surface area contributed by atoms with E-state index >= 15 is 0 Å². The molecule has 12 rings (SSSR count). The molecule has 2 aliphatic carbocycles. The summed E-state index contributed by atoms with van der Waals surface area (Å²) in [6.45, 7) is 16.4. The van der Waals surface area contributed by atoms with Crippen molar-refractivity contribution in [3.63, 3.8) is 0 Å². The molecule has 2 aliphatic rings. The molecular weight excluding hydrogens is 745 g/mol. The smallest absolute Gasteiger partial charge is 0.0159 e. The van der Waals surface area contributed by atoms with E-state index in [1.54, 1.807) is 0 Å². The first kappa shape index (κ1) is 37.0. The molecule has 0 amide bonds. The SMILES string of the molecule is CC(C)(C)c1cc2ccc3ccc(-c4cccc(-c5cccc(-c6ccc7c(c6)C(C)(C)c6cc(-c8ccc9c(c8)C(C)(C)c8ccccc8-9)ccc6-7)c5)c4)c4ccc(c1)c2c34. The van der Waals surface area contributed by atoms with Gasteiger partial charge in [0.05, 0.1) is 0 Å². The molecule has 0 aliphatic heterocycles. The molecule has 10 aromatic carbocycles. The molecule has 0 fully saturated rings. The molecule has 0 unspecified atom stereocenters. The van der Waals surface area contributed by atoms with E-state index < -0.39 is 0 Å². The highest BCUT2D eigenvalue weighted by Gasteiger charge is 2.37. The lowest BCUT2D eigenvalue weighted by atomic mass is 9.80. The van der Waals surface area contributed by atoms with Crippen molar-refractivity contribution in [1.82, 2.24) is 0 Å². The van der Waals surface area contributed by atoms with Crippen LogP contribution in [0.5, 0.6) is 0 Å². The summed E-state index contributed by atoms with van der Waals surface area (Å²) in [7, 11) is 0. The number of benzene rings is 10. The van der Waals surface area contributed by atoms with E-state index in [0.717, 1.165) is 0 Å². The Kier molecular flexibility index (Phi) is 7.70. The predicted octanol–water partition coefficient (Wildman–Crippen LogP) is 17.2. The molecule has 0 atom stereocenters. The van der Waals surface area contributed by atoms with Gasteiger partial charge in [0.25, 0.3) is 0 Å². The van der Waals surface area contributed by atoms with Crippen LogP contribution in [0.25, 0.3) is 99.1 Å². The fraction of sp³-hybridized carbons (Fsp3) is 0.161. The number of fused-ring (bicyclic) bond motifs is 6. The first-order valence-electron chi connectivity index (χ1n) is 22.3. The van der Waals surface area contributed by atoms with Crippen LogP contribution in [0.15, 0.2) is 176 Å². The van der Waals surface area contributed by atoms with Crippen LogP contribution in [-0.2, 0) is 16.2 Å². The Hall–Kier alpha value is -6.76. The molecule has 0 heteroatoms. The largest absolute Gasteiger partial charge is 0.0619 e. The Morgan fingerprint density at radius 1 is 0.306 bits per heavy atom. The predicted molar refractivity (Wildman–Crippen MR) is 266 cm³/mol. The maximum absolute atomic E-state index is 2.46. The Balaban J connectivity index is 0.873. The van der Waals surface area contributed by atoms with Gasteiger partial charge in [-0.25, -0.2) is 0 Å². The summed E-state index contributed by atoms with van der Waals surface area (Å²) in [6.07, 6.45) is 0. The molecule has 0 bridgehead atoms. The van der Waals surface area contributed by atoms with Crippen molar-refractivity contribution < 1.29 is 0 Å². The van der Waals surface area contributed by atoms with E-state index in [1.165, 1.54) is 127 Å². The van der Waals surface area contributed by atoms with Crippen molar-refractivity contribution in [3.05, 3.63) is 204 Å². The number of hydrogen-bond donors (Lipinski definition) is 0. The fourth-order valence-electron chi connectivity index (χ4n) is 11.2. The summed E-state index contributed by atoms with van der Waals surface area (Å²) in [5.41, 5.74) is 22.4. The topological polar surface area (TPSA) is 0 Å². The molecule has 0 saturated heterocycles. The van der Waals surface area contributed by atoms with Gasteiger partial charge in [-0.3, -0.25) is 0 Å². The van der Waals surface area contributed by atoms with Crippen molar-refractivity contribution >= 4 is 32.3 Å².